The van der Waals surface area contributed by atoms with Gasteiger partial charge in [-0.3, -0.25) is 0 Å². The first kappa shape index (κ1) is 16.2. The van der Waals surface area contributed by atoms with Crippen molar-refractivity contribution in [2.45, 2.75) is 0 Å². The van der Waals surface area contributed by atoms with Crippen LogP contribution in [-0.2, 0) is 9.53 Å². The minimum absolute atomic E-state index is 0.0445. The molecule has 6 heteroatoms. The Morgan fingerprint density at radius 2 is 1.91 bits per heavy atom. The van der Waals surface area contributed by atoms with E-state index in [2.05, 4.69) is 20.7 Å². The third kappa shape index (κ3) is 4.14. The van der Waals surface area contributed by atoms with E-state index in [1.165, 1.54) is 43.5 Å². The van der Waals surface area contributed by atoms with Crippen LogP contribution in [0.3, 0.4) is 0 Å². The van der Waals surface area contributed by atoms with E-state index in [1.54, 1.807) is 6.07 Å². The summed E-state index contributed by atoms with van der Waals surface area (Å²) in [6, 6.07) is 8.28. The van der Waals surface area contributed by atoms with Gasteiger partial charge >= 0.3 is 5.97 Å². The van der Waals surface area contributed by atoms with Gasteiger partial charge in [-0.1, -0.05) is 6.07 Å². The first-order valence-electron chi connectivity index (χ1n) is 6.18. The van der Waals surface area contributed by atoms with Crippen LogP contribution in [0.25, 0.3) is 6.08 Å². The molecule has 0 aliphatic carbocycles. The lowest BCUT2D eigenvalue weighted by Gasteiger charge is -2.08. The molecule has 0 radical (unpaired) electrons. The van der Waals surface area contributed by atoms with E-state index in [1.807, 2.05) is 0 Å². The Balaban J connectivity index is 2.17. The largest absolute Gasteiger partial charge is 0.466 e. The summed E-state index contributed by atoms with van der Waals surface area (Å²) in [6.45, 7) is 0. The molecule has 0 aliphatic rings. The summed E-state index contributed by atoms with van der Waals surface area (Å²) in [5.41, 5.74) is 0.470. The van der Waals surface area contributed by atoms with Crippen molar-refractivity contribution in [3.8, 4) is 11.5 Å². The molecular formula is C16H11BrF2O3. The Bertz CT molecular complexity index is 729. The van der Waals surface area contributed by atoms with Crippen molar-refractivity contribution in [2.24, 2.45) is 0 Å². The standard InChI is InChI=1S/C16H11BrF2O3/c1-21-16(20)7-3-10-2-6-15(14(19)8-10)22-11-4-5-12(17)13(18)9-11/h2-9H,1H3. The molecule has 22 heavy (non-hydrogen) atoms. The first-order chi connectivity index (χ1) is 10.5. The summed E-state index contributed by atoms with van der Waals surface area (Å²) in [6.07, 6.45) is 2.59. The van der Waals surface area contributed by atoms with Crippen LogP contribution >= 0.6 is 15.9 Å². The monoisotopic (exact) mass is 368 g/mol. The first-order valence-corrected chi connectivity index (χ1v) is 6.97. The summed E-state index contributed by atoms with van der Waals surface area (Å²) in [7, 11) is 1.25. The third-order valence-electron chi connectivity index (χ3n) is 2.69. The molecule has 2 aromatic carbocycles. The van der Waals surface area contributed by atoms with Crippen molar-refractivity contribution < 1.29 is 23.0 Å². The predicted molar refractivity (Wildman–Crippen MR) is 81.6 cm³/mol. The van der Waals surface area contributed by atoms with Crippen LogP contribution in [0.1, 0.15) is 5.56 Å². The fourth-order valence-corrected chi connectivity index (χ4v) is 1.85. The second kappa shape index (κ2) is 7.17. The van der Waals surface area contributed by atoms with Crippen molar-refractivity contribution in [1.82, 2.24) is 0 Å². The Kier molecular flexibility index (Phi) is 5.27. The number of ether oxygens (including phenoxy) is 2. The van der Waals surface area contributed by atoms with Crippen LogP contribution in [-0.4, -0.2) is 13.1 Å². The van der Waals surface area contributed by atoms with Gasteiger partial charge in [0.25, 0.3) is 0 Å². The number of carbonyl (C=O) groups is 1. The number of carbonyl (C=O) groups excluding carboxylic acids is 1. The SMILES string of the molecule is COC(=O)C=Cc1ccc(Oc2ccc(Br)c(F)c2)c(F)c1. The van der Waals surface area contributed by atoms with Crippen LogP contribution in [0.2, 0.25) is 0 Å². The van der Waals surface area contributed by atoms with E-state index >= 15 is 0 Å². The molecule has 0 bridgehead atoms. The smallest absolute Gasteiger partial charge is 0.330 e. The molecule has 0 heterocycles. The van der Waals surface area contributed by atoms with Crippen LogP contribution in [0.5, 0.6) is 11.5 Å². The number of methoxy groups -OCH3 is 1. The zero-order valence-electron chi connectivity index (χ0n) is 11.5. The lowest BCUT2D eigenvalue weighted by Crippen LogP contribution is -1.94. The van der Waals surface area contributed by atoms with E-state index in [9.17, 15) is 13.6 Å². The number of hydrogen-bond acceptors (Lipinski definition) is 3. The summed E-state index contributed by atoms with van der Waals surface area (Å²) in [5.74, 6) is -1.54. The lowest BCUT2D eigenvalue weighted by molar-refractivity contribution is -0.134. The zero-order valence-corrected chi connectivity index (χ0v) is 13.1. The molecule has 3 nitrogen and oxygen atoms in total. The van der Waals surface area contributed by atoms with Gasteiger partial charge in [-0.2, -0.15) is 0 Å². The molecule has 0 unspecified atom stereocenters. The van der Waals surface area contributed by atoms with Gasteiger partial charge in [0, 0.05) is 12.1 Å². The molecule has 0 aliphatic heterocycles. The molecular weight excluding hydrogens is 358 g/mol. The Hall–Kier alpha value is -2.21. The van der Waals surface area contributed by atoms with Crippen molar-refractivity contribution in [1.29, 1.82) is 0 Å². The Morgan fingerprint density at radius 3 is 2.55 bits per heavy atom. The second-order valence-electron chi connectivity index (χ2n) is 4.22. The van der Waals surface area contributed by atoms with E-state index in [0.29, 0.717) is 10.0 Å². The van der Waals surface area contributed by atoms with E-state index < -0.39 is 17.6 Å². The summed E-state index contributed by atoms with van der Waals surface area (Å²) in [4.78, 5) is 11.0. The van der Waals surface area contributed by atoms with Gasteiger partial charge in [-0.15, -0.1) is 0 Å². The van der Waals surface area contributed by atoms with Gasteiger partial charge < -0.3 is 9.47 Å². The fraction of sp³-hybridized carbons (Fsp3) is 0.0625. The molecule has 0 saturated carbocycles. The molecule has 0 saturated heterocycles. The highest BCUT2D eigenvalue weighted by Gasteiger charge is 2.07. The predicted octanol–water partition coefficient (Wildman–Crippen LogP) is 4.71. The molecule has 0 aromatic heterocycles. The maximum Gasteiger partial charge on any atom is 0.330 e. The second-order valence-corrected chi connectivity index (χ2v) is 5.08. The number of esters is 1. The van der Waals surface area contributed by atoms with Crippen LogP contribution in [0.4, 0.5) is 8.78 Å². The molecule has 0 amide bonds. The molecule has 0 atom stereocenters. The Morgan fingerprint density at radius 1 is 1.14 bits per heavy atom. The number of rotatable bonds is 4. The van der Waals surface area contributed by atoms with Gasteiger partial charge in [0.15, 0.2) is 11.6 Å². The quantitative estimate of drug-likeness (QED) is 0.579. The number of hydrogen-bond donors (Lipinski definition) is 0. The average molecular weight is 369 g/mol. The average Bonchev–Trinajstić information content (AvgIpc) is 2.51. The highest BCUT2D eigenvalue weighted by molar-refractivity contribution is 9.10. The van der Waals surface area contributed by atoms with Gasteiger partial charge in [0.2, 0.25) is 0 Å². The van der Waals surface area contributed by atoms with Crippen LogP contribution < -0.4 is 4.74 Å². The van der Waals surface area contributed by atoms with Gasteiger partial charge in [-0.05, 0) is 51.8 Å². The summed E-state index contributed by atoms with van der Waals surface area (Å²) < 4.78 is 37.4. The normalized spacial score (nSPS) is 10.7. The summed E-state index contributed by atoms with van der Waals surface area (Å²) >= 11 is 3.02. The minimum atomic E-state index is -0.629. The van der Waals surface area contributed by atoms with Crippen molar-refractivity contribution >= 4 is 28.0 Å². The molecule has 2 aromatic rings. The topological polar surface area (TPSA) is 35.5 Å². The summed E-state index contributed by atoms with van der Waals surface area (Å²) in [5, 5.41) is 0. The van der Waals surface area contributed by atoms with Crippen molar-refractivity contribution in [3.63, 3.8) is 0 Å². The van der Waals surface area contributed by atoms with Crippen LogP contribution in [0, 0.1) is 11.6 Å². The maximum absolute atomic E-state index is 13.9. The fourth-order valence-electron chi connectivity index (χ4n) is 1.60. The lowest BCUT2D eigenvalue weighted by atomic mass is 10.2. The maximum atomic E-state index is 13.9. The minimum Gasteiger partial charge on any atom is -0.466 e. The van der Waals surface area contributed by atoms with Gasteiger partial charge in [-0.25, -0.2) is 13.6 Å². The Labute approximate surface area is 134 Å². The van der Waals surface area contributed by atoms with E-state index in [0.717, 1.165) is 6.07 Å². The van der Waals surface area contributed by atoms with E-state index in [4.69, 9.17) is 4.74 Å². The number of halogens is 3. The molecule has 0 spiro atoms. The zero-order chi connectivity index (χ0) is 16.1. The highest BCUT2D eigenvalue weighted by Crippen LogP contribution is 2.28. The number of benzene rings is 2. The van der Waals surface area contributed by atoms with E-state index in [-0.39, 0.29) is 11.5 Å². The molecule has 0 N–H and O–H groups in total. The van der Waals surface area contributed by atoms with Crippen molar-refractivity contribution in [3.05, 3.63) is 64.1 Å². The third-order valence-corrected chi connectivity index (χ3v) is 3.33. The molecule has 2 rings (SSSR count). The highest BCUT2D eigenvalue weighted by atomic mass is 79.9. The molecule has 114 valence electrons. The van der Waals surface area contributed by atoms with Gasteiger partial charge in [0.05, 0.1) is 11.6 Å². The van der Waals surface area contributed by atoms with Gasteiger partial charge in [0.1, 0.15) is 11.6 Å². The van der Waals surface area contributed by atoms with Crippen molar-refractivity contribution in [2.75, 3.05) is 7.11 Å². The molecule has 0 fully saturated rings. The van der Waals surface area contributed by atoms with Crippen LogP contribution in [0.15, 0.2) is 46.9 Å².